The second kappa shape index (κ2) is 8.17. The van der Waals surface area contributed by atoms with Gasteiger partial charge in [-0.1, -0.05) is 42.8 Å². The van der Waals surface area contributed by atoms with E-state index in [0.717, 1.165) is 42.7 Å². The molecule has 4 nitrogen and oxygen atoms in total. The standard InChI is InChI=1S/C21H25NO3/c1-24-16-21(13-7-14-21)20(23)22-15-12-17-8-5-6-11-19(17)25-18-9-3-2-4-10-18/h2-6,8-11H,7,12-16H2,1H3,(H,22,23). The molecule has 0 bridgehead atoms. The Hall–Kier alpha value is -2.33. The number of carbonyl (C=O) groups excluding carboxylic acids is 1. The average Bonchev–Trinajstić information content (AvgIpc) is 2.60. The summed E-state index contributed by atoms with van der Waals surface area (Å²) in [4.78, 5) is 12.5. The molecule has 0 spiro atoms. The van der Waals surface area contributed by atoms with Crippen molar-refractivity contribution in [3.63, 3.8) is 0 Å². The van der Waals surface area contributed by atoms with Crippen molar-refractivity contribution in [2.45, 2.75) is 25.7 Å². The lowest BCUT2D eigenvalue weighted by Gasteiger charge is -2.39. The SMILES string of the molecule is COCC1(C(=O)NCCc2ccccc2Oc2ccccc2)CCC1. The van der Waals surface area contributed by atoms with Crippen molar-refractivity contribution < 1.29 is 14.3 Å². The van der Waals surface area contributed by atoms with Crippen LogP contribution in [0.25, 0.3) is 0 Å². The maximum absolute atomic E-state index is 12.5. The number of rotatable bonds is 8. The first-order chi connectivity index (χ1) is 12.2. The van der Waals surface area contributed by atoms with Crippen LogP contribution in [0, 0.1) is 5.41 Å². The highest BCUT2D eigenvalue weighted by atomic mass is 16.5. The number of methoxy groups -OCH3 is 1. The molecule has 0 heterocycles. The molecule has 0 aromatic heterocycles. The molecule has 0 unspecified atom stereocenters. The summed E-state index contributed by atoms with van der Waals surface area (Å²) in [5.41, 5.74) is 0.774. The molecule has 0 aliphatic heterocycles. The maximum atomic E-state index is 12.5. The van der Waals surface area contributed by atoms with E-state index in [2.05, 4.69) is 5.32 Å². The molecule has 4 heteroatoms. The quantitative estimate of drug-likeness (QED) is 0.792. The summed E-state index contributed by atoms with van der Waals surface area (Å²) in [5.74, 6) is 1.76. The fourth-order valence-corrected chi connectivity index (χ4v) is 3.24. The Morgan fingerprint density at radius 2 is 1.80 bits per heavy atom. The van der Waals surface area contributed by atoms with Crippen molar-refractivity contribution in [1.82, 2.24) is 5.32 Å². The molecule has 1 saturated carbocycles. The lowest BCUT2D eigenvalue weighted by molar-refractivity contribution is -0.140. The second-order valence-electron chi connectivity index (χ2n) is 6.60. The normalized spacial score (nSPS) is 15.2. The molecule has 1 fully saturated rings. The van der Waals surface area contributed by atoms with Gasteiger partial charge in [-0.2, -0.15) is 0 Å². The van der Waals surface area contributed by atoms with E-state index in [-0.39, 0.29) is 11.3 Å². The third-order valence-corrected chi connectivity index (χ3v) is 4.84. The van der Waals surface area contributed by atoms with Crippen LogP contribution in [0.2, 0.25) is 0 Å². The minimum Gasteiger partial charge on any atom is -0.457 e. The second-order valence-corrected chi connectivity index (χ2v) is 6.60. The Balaban J connectivity index is 1.57. The Kier molecular flexibility index (Phi) is 5.71. The topological polar surface area (TPSA) is 47.6 Å². The highest BCUT2D eigenvalue weighted by Crippen LogP contribution is 2.41. The lowest BCUT2D eigenvalue weighted by Crippen LogP contribution is -2.49. The zero-order valence-corrected chi connectivity index (χ0v) is 14.7. The van der Waals surface area contributed by atoms with Crippen LogP contribution in [0.15, 0.2) is 54.6 Å². The largest absolute Gasteiger partial charge is 0.457 e. The van der Waals surface area contributed by atoms with Gasteiger partial charge in [0.2, 0.25) is 5.91 Å². The third-order valence-electron chi connectivity index (χ3n) is 4.84. The summed E-state index contributed by atoms with van der Waals surface area (Å²) in [7, 11) is 1.66. The van der Waals surface area contributed by atoms with E-state index in [4.69, 9.17) is 9.47 Å². The van der Waals surface area contributed by atoms with Crippen molar-refractivity contribution in [3.8, 4) is 11.5 Å². The Bertz CT molecular complexity index is 695. The van der Waals surface area contributed by atoms with Crippen LogP contribution < -0.4 is 10.1 Å². The van der Waals surface area contributed by atoms with Crippen molar-refractivity contribution in [1.29, 1.82) is 0 Å². The molecule has 3 rings (SSSR count). The first kappa shape index (κ1) is 17.5. The molecule has 0 saturated heterocycles. The van der Waals surface area contributed by atoms with Crippen LogP contribution in [0.5, 0.6) is 11.5 Å². The van der Waals surface area contributed by atoms with Crippen LogP contribution >= 0.6 is 0 Å². The van der Waals surface area contributed by atoms with Gasteiger partial charge in [-0.05, 0) is 43.0 Å². The van der Waals surface area contributed by atoms with Gasteiger partial charge >= 0.3 is 0 Å². The Labute approximate surface area is 149 Å². The fourth-order valence-electron chi connectivity index (χ4n) is 3.24. The number of benzene rings is 2. The van der Waals surface area contributed by atoms with E-state index in [0.29, 0.717) is 13.2 Å². The van der Waals surface area contributed by atoms with Gasteiger partial charge in [-0.15, -0.1) is 0 Å². The number of nitrogens with one attached hydrogen (secondary N) is 1. The number of ether oxygens (including phenoxy) is 2. The number of para-hydroxylation sites is 2. The zero-order chi connectivity index (χ0) is 17.5. The van der Waals surface area contributed by atoms with Crippen molar-refractivity contribution in [2.75, 3.05) is 20.3 Å². The summed E-state index contributed by atoms with van der Waals surface area (Å²) < 4.78 is 11.2. The van der Waals surface area contributed by atoms with Crippen LogP contribution in [0.1, 0.15) is 24.8 Å². The summed E-state index contributed by atoms with van der Waals surface area (Å²) in [6.45, 7) is 1.10. The maximum Gasteiger partial charge on any atom is 0.228 e. The number of carbonyl (C=O) groups is 1. The Morgan fingerprint density at radius 3 is 2.48 bits per heavy atom. The number of hydrogen-bond acceptors (Lipinski definition) is 3. The predicted octanol–water partition coefficient (Wildman–Crippen LogP) is 3.95. The van der Waals surface area contributed by atoms with E-state index >= 15 is 0 Å². The highest BCUT2D eigenvalue weighted by molar-refractivity contribution is 5.83. The van der Waals surface area contributed by atoms with E-state index in [9.17, 15) is 4.79 Å². The van der Waals surface area contributed by atoms with Gasteiger partial charge in [0.15, 0.2) is 0 Å². The van der Waals surface area contributed by atoms with E-state index in [1.165, 1.54) is 0 Å². The van der Waals surface area contributed by atoms with Crippen LogP contribution in [-0.4, -0.2) is 26.2 Å². The number of amides is 1. The van der Waals surface area contributed by atoms with Gasteiger partial charge in [0, 0.05) is 13.7 Å². The monoisotopic (exact) mass is 339 g/mol. The third kappa shape index (κ3) is 4.20. The molecule has 0 atom stereocenters. The first-order valence-corrected chi connectivity index (χ1v) is 8.82. The molecule has 132 valence electrons. The molecule has 0 radical (unpaired) electrons. The summed E-state index contributed by atoms with van der Waals surface area (Å²) in [6, 6.07) is 17.7. The molecule has 2 aromatic rings. The van der Waals surface area contributed by atoms with Crippen molar-refractivity contribution >= 4 is 5.91 Å². The van der Waals surface area contributed by atoms with Gasteiger partial charge in [-0.25, -0.2) is 0 Å². The summed E-state index contributed by atoms with van der Waals surface area (Å²) in [6.07, 6.45) is 3.67. The lowest BCUT2D eigenvalue weighted by atomic mass is 9.68. The minimum atomic E-state index is -0.311. The zero-order valence-electron chi connectivity index (χ0n) is 14.7. The highest BCUT2D eigenvalue weighted by Gasteiger charge is 2.43. The van der Waals surface area contributed by atoms with Gasteiger partial charge in [-0.3, -0.25) is 4.79 Å². The number of hydrogen-bond donors (Lipinski definition) is 1. The van der Waals surface area contributed by atoms with E-state index in [1.54, 1.807) is 7.11 Å². The van der Waals surface area contributed by atoms with Gasteiger partial charge < -0.3 is 14.8 Å². The summed E-state index contributed by atoms with van der Waals surface area (Å²) >= 11 is 0. The van der Waals surface area contributed by atoms with Crippen molar-refractivity contribution in [3.05, 3.63) is 60.2 Å². The Morgan fingerprint density at radius 1 is 1.08 bits per heavy atom. The predicted molar refractivity (Wildman–Crippen MR) is 97.8 cm³/mol. The average molecular weight is 339 g/mol. The van der Waals surface area contributed by atoms with Gasteiger partial charge in [0.1, 0.15) is 11.5 Å². The molecular formula is C21H25NO3. The molecule has 2 aromatic carbocycles. The van der Waals surface area contributed by atoms with Crippen LogP contribution in [0.4, 0.5) is 0 Å². The summed E-state index contributed by atoms with van der Waals surface area (Å²) in [5, 5.41) is 3.08. The smallest absolute Gasteiger partial charge is 0.228 e. The molecule has 25 heavy (non-hydrogen) atoms. The van der Waals surface area contributed by atoms with Crippen LogP contribution in [0.3, 0.4) is 0 Å². The van der Waals surface area contributed by atoms with E-state index in [1.807, 2.05) is 54.6 Å². The minimum absolute atomic E-state index is 0.113. The molecule has 1 aliphatic carbocycles. The van der Waals surface area contributed by atoms with Crippen molar-refractivity contribution in [2.24, 2.45) is 5.41 Å². The molecular weight excluding hydrogens is 314 g/mol. The molecule has 1 amide bonds. The van der Waals surface area contributed by atoms with Gasteiger partial charge in [0.05, 0.1) is 12.0 Å². The molecule has 1 N–H and O–H groups in total. The van der Waals surface area contributed by atoms with Gasteiger partial charge in [0.25, 0.3) is 0 Å². The first-order valence-electron chi connectivity index (χ1n) is 8.82. The van der Waals surface area contributed by atoms with E-state index < -0.39 is 0 Å². The fraction of sp³-hybridized carbons (Fsp3) is 0.381. The molecule has 1 aliphatic rings. The van der Waals surface area contributed by atoms with Crippen LogP contribution in [-0.2, 0) is 16.0 Å².